The van der Waals surface area contributed by atoms with Crippen LogP contribution in [0.5, 0.6) is 0 Å². The number of rotatable bonds is 3. The minimum atomic E-state index is 0.0116. The number of aliphatic hydroxyl groups excluding tert-OH is 1. The van der Waals surface area contributed by atoms with E-state index in [9.17, 15) is 4.79 Å². The summed E-state index contributed by atoms with van der Waals surface area (Å²) in [5, 5.41) is 8.79. The molecule has 0 radical (unpaired) electrons. The van der Waals surface area contributed by atoms with Gasteiger partial charge in [-0.1, -0.05) is 0 Å². The number of carbonyl (C=O) groups excluding carboxylic acids is 1. The van der Waals surface area contributed by atoms with Crippen LogP contribution in [0, 0.1) is 0 Å². The Morgan fingerprint density at radius 2 is 2.07 bits per heavy atom. The van der Waals surface area contributed by atoms with Crippen molar-refractivity contribution in [1.82, 2.24) is 9.80 Å². The Morgan fingerprint density at radius 3 is 2.71 bits per heavy atom. The molecule has 4 nitrogen and oxygen atoms in total. The summed E-state index contributed by atoms with van der Waals surface area (Å²) in [4.78, 5) is 15.3. The average Bonchev–Trinajstić information content (AvgIpc) is 2.43. The van der Waals surface area contributed by atoms with Crippen molar-refractivity contribution in [3.8, 4) is 0 Å². The molecule has 0 aromatic heterocycles. The predicted molar refractivity (Wildman–Crippen MR) is 55.4 cm³/mol. The first kappa shape index (κ1) is 11.8. The van der Waals surface area contributed by atoms with E-state index in [1.807, 2.05) is 0 Å². The Balaban J connectivity index is 2.36. The van der Waals surface area contributed by atoms with Gasteiger partial charge in [0, 0.05) is 26.2 Å². The van der Waals surface area contributed by atoms with Crippen LogP contribution in [0.1, 0.15) is 6.42 Å². The zero-order valence-corrected chi connectivity index (χ0v) is 9.04. The SMILES string of the molecule is O=C(CCl)N1CCCN(CCO)CC1. The van der Waals surface area contributed by atoms with Crippen LogP contribution < -0.4 is 0 Å². The molecular weight excluding hydrogens is 204 g/mol. The molecule has 0 unspecified atom stereocenters. The number of aliphatic hydroxyl groups is 1. The molecule has 0 aliphatic carbocycles. The molecule has 5 heteroatoms. The summed E-state index contributed by atoms with van der Waals surface area (Å²) in [6.07, 6.45) is 0.961. The van der Waals surface area contributed by atoms with Crippen LogP contribution >= 0.6 is 11.6 Å². The quantitative estimate of drug-likeness (QED) is 0.668. The first-order chi connectivity index (χ1) is 6.77. The van der Waals surface area contributed by atoms with Crippen LogP contribution in [0.25, 0.3) is 0 Å². The Morgan fingerprint density at radius 1 is 1.29 bits per heavy atom. The average molecular weight is 221 g/mol. The fourth-order valence-electron chi connectivity index (χ4n) is 1.67. The van der Waals surface area contributed by atoms with Crippen LogP contribution in [-0.2, 0) is 4.79 Å². The molecule has 1 rings (SSSR count). The summed E-state index contributed by atoms with van der Waals surface area (Å²) in [7, 11) is 0. The lowest BCUT2D eigenvalue weighted by Crippen LogP contribution is -2.36. The highest BCUT2D eigenvalue weighted by atomic mass is 35.5. The molecule has 1 aliphatic heterocycles. The van der Waals surface area contributed by atoms with E-state index < -0.39 is 0 Å². The molecule has 0 aromatic carbocycles. The molecule has 1 amide bonds. The number of alkyl halides is 1. The Kier molecular flexibility index (Phi) is 5.22. The number of hydrogen-bond acceptors (Lipinski definition) is 3. The highest BCUT2D eigenvalue weighted by Crippen LogP contribution is 2.03. The second-order valence-corrected chi connectivity index (χ2v) is 3.70. The van der Waals surface area contributed by atoms with E-state index in [1.165, 1.54) is 0 Å². The van der Waals surface area contributed by atoms with Crippen molar-refractivity contribution in [3.63, 3.8) is 0 Å². The summed E-state index contributed by atoms with van der Waals surface area (Å²) < 4.78 is 0. The molecule has 0 atom stereocenters. The van der Waals surface area contributed by atoms with Crippen LogP contribution in [0.3, 0.4) is 0 Å². The van der Waals surface area contributed by atoms with Crippen molar-refractivity contribution >= 4 is 17.5 Å². The molecule has 0 spiro atoms. The molecule has 0 aromatic rings. The maximum atomic E-state index is 11.3. The maximum absolute atomic E-state index is 11.3. The fraction of sp³-hybridized carbons (Fsp3) is 0.889. The van der Waals surface area contributed by atoms with E-state index in [2.05, 4.69) is 4.90 Å². The summed E-state index contributed by atoms with van der Waals surface area (Å²) in [5.41, 5.74) is 0. The zero-order chi connectivity index (χ0) is 10.4. The van der Waals surface area contributed by atoms with E-state index in [0.717, 1.165) is 32.6 Å². The van der Waals surface area contributed by atoms with Gasteiger partial charge in [0.15, 0.2) is 0 Å². The summed E-state index contributed by atoms with van der Waals surface area (Å²) >= 11 is 5.49. The maximum Gasteiger partial charge on any atom is 0.237 e. The number of β-amino-alcohol motifs (C(OH)–C–C–N with tert-alkyl or cyclic N) is 1. The lowest BCUT2D eigenvalue weighted by molar-refractivity contribution is -0.128. The molecule has 1 saturated heterocycles. The van der Waals surface area contributed by atoms with Gasteiger partial charge >= 0.3 is 0 Å². The van der Waals surface area contributed by atoms with Gasteiger partial charge in [-0.25, -0.2) is 0 Å². The Labute approximate surface area is 89.4 Å². The molecule has 1 heterocycles. The second-order valence-electron chi connectivity index (χ2n) is 3.43. The predicted octanol–water partition coefficient (Wildman–Crippen LogP) is -0.248. The largest absolute Gasteiger partial charge is 0.395 e. The molecule has 82 valence electrons. The van der Waals surface area contributed by atoms with Crippen LogP contribution in [-0.4, -0.2) is 66.0 Å². The highest BCUT2D eigenvalue weighted by Gasteiger charge is 2.17. The van der Waals surface area contributed by atoms with E-state index >= 15 is 0 Å². The standard InChI is InChI=1S/C9H17ClN2O2/c10-8-9(14)12-3-1-2-11(4-5-12)6-7-13/h13H,1-8H2. The molecule has 0 bridgehead atoms. The normalized spacial score (nSPS) is 19.4. The monoisotopic (exact) mass is 220 g/mol. The molecular formula is C9H17ClN2O2. The first-order valence-electron chi connectivity index (χ1n) is 4.95. The van der Waals surface area contributed by atoms with Crippen molar-refractivity contribution in [2.75, 3.05) is 45.2 Å². The molecule has 1 fully saturated rings. The lowest BCUT2D eigenvalue weighted by Gasteiger charge is -2.20. The Bertz CT molecular complexity index is 190. The van der Waals surface area contributed by atoms with Crippen LogP contribution in [0.4, 0.5) is 0 Å². The van der Waals surface area contributed by atoms with Gasteiger partial charge in [0.1, 0.15) is 5.88 Å². The summed E-state index contributed by atoms with van der Waals surface area (Å²) in [6, 6.07) is 0. The number of nitrogens with zero attached hydrogens (tertiary/aromatic N) is 2. The molecule has 14 heavy (non-hydrogen) atoms. The topological polar surface area (TPSA) is 43.8 Å². The molecule has 1 aliphatic rings. The third kappa shape index (κ3) is 3.44. The van der Waals surface area contributed by atoms with Gasteiger partial charge in [-0.05, 0) is 13.0 Å². The second kappa shape index (κ2) is 6.22. The van der Waals surface area contributed by atoms with E-state index in [1.54, 1.807) is 4.90 Å². The fourth-order valence-corrected chi connectivity index (χ4v) is 1.84. The van der Waals surface area contributed by atoms with Gasteiger partial charge < -0.3 is 10.0 Å². The first-order valence-corrected chi connectivity index (χ1v) is 5.48. The van der Waals surface area contributed by atoms with Gasteiger partial charge in [0.2, 0.25) is 5.91 Å². The minimum absolute atomic E-state index is 0.0116. The van der Waals surface area contributed by atoms with E-state index in [0.29, 0.717) is 6.54 Å². The lowest BCUT2D eigenvalue weighted by atomic mass is 10.4. The third-order valence-electron chi connectivity index (χ3n) is 2.47. The van der Waals surface area contributed by atoms with Crippen LogP contribution in [0.2, 0.25) is 0 Å². The van der Waals surface area contributed by atoms with Crippen molar-refractivity contribution in [2.45, 2.75) is 6.42 Å². The van der Waals surface area contributed by atoms with Gasteiger partial charge in [-0.15, -0.1) is 11.6 Å². The van der Waals surface area contributed by atoms with Gasteiger partial charge in [0.25, 0.3) is 0 Å². The number of halogens is 1. The number of carbonyl (C=O) groups is 1. The Hall–Kier alpha value is -0.320. The highest BCUT2D eigenvalue weighted by molar-refractivity contribution is 6.27. The van der Waals surface area contributed by atoms with Crippen molar-refractivity contribution < 1.29 is 9.90 Å². The van der Waals surface area contributed by atoms with E-state index in [-0.39, 0.29) is 18.4 Å². The van der Waals surface area contributed by atoms with E-state index in [4.69, 9.17) is 16.7 Å². The molecule has 0 saturated carbocycles. The van der Waals surface area contributed by atoms with Crippen molar-refractivity contribution in [1.29, 1.82) is 0 Å². The zero-order valence-electron chi connectivity index (χ0n) is 8.28. The number of amides is 1. The number of hydrogen-bond donors (Lipinski definition) is 1. The third-order valence-corrected chi connectivity index (χ3v) is 2.70. The van der Waals surface area contributed by atoms with Gasteiger partial charge in [-0.2, -0.15) is 0 Å². The summed E-state index contributed by atoms with van der Waals surface area (Å²) in [5.74, 6) is 0.0810. The van der Waals surface area contributed by atoms with Gasteiger partial charge in [-0.3, -0.25) is 9.69 Å². The smallest absolute Gasteiger partial charge is 0.237 e. The minimum Gasteiger partial charge on any atom is -0.395 e. The van der Waals surface area contributed by atoms with Crippen molar-refractivity contribution in [2.24, 2.45) is 0 Å². The van der Waals surface area contributed by atoms with Gasteiger partial charge in [0.05, 0.1) is 6.61 Å². The summed E-state index contributed by atoms with van der Waals surface area (Å²) in [6.45, 7) is 4.18. The molecule has 1 N–H and O–H groups in total. The van der Waals surface area contributed by atoms with Crippen molar-refractivity contribution in [3.05, 3.63) is 0 Å². The van der Waals surface area contributed by atoms with Crippen LogP contribution in [0.15, 0.2) is 0 Å².